The highest BCUT2D eigenvalue weighted by Crippen LogP contribution is 2.28. The summed E-state index contributed by atoms with van der Waals surface area (Å²) in [4.78, 5) is 15.1. The van der Waals surface area contributed by atoms with E-state index in [4.69, 9.17) is 13.6 Å². The summed E-state index contributed by atoms with van der Waals surface area (Å²) in [6.45, 7) is 5.31. The highest BCUT2D eigenvalue weighted by Gasteiger charge is 2.26. The number of aryl methyl sites for hydroxylation is 1. The zero-order valence-electron chi connectivity index (χ0n) is 15.0. The Kier molecular flexibility index (Phi) is 5.33. The van der Waals surface area contributed by atoms with Crippen LogP contribution in [0.4, 0.5) is 0 Å². The minimum Gasteiger partial charge on any atom is -0.468 e. The fraction of sp³-hybridized carbons (Fsp3) is 0.350. The number of nitrogens with zero attached hydrogens (tertiary/aromatic N) is 1. The van der Waals surface area contributed by atoms with Crippen LogP contribution in [-0.2, 0) is 4.74 Å². The van der Waals surface area contributed by atoms with Crippen molar-refractivity contribution in [3.8, 4) is 0 Å². The highest BCUT2D eigenvalue weighted by atomic mass is 79.9. The fourth-order valence-electron chi connectivity index (χ4n) is 3.46. The van der Waals surface area contributed by atoms with Gasteiger partial charge in [0.25, 0.3) is 5.91 Å². The summed E-state index contributed by atoms with van der Waals surface area (Å²) < 4.78 is 17.8. The molecule has 0 radical (unpaired) electrons. The standard InChI is InChI=1S/C20H21BrN2O4/c1-13-15-11-14(21)4-5-17(15)27-19(13)20(24)22-12-16(18-3-2-8-26-18)23-6-9-25-10-7-23/h2-5,8,11,16H,6-7,9-10,12H2,1H3,(H,22,24). The number of fused-ring (bicyclic) bond motifs is 1. The van der Waals surface area contributed by atoms with Gasteiger partial charge in [0.2, 0.25) is 0 Å². The normalized spacial score (nSPS) is 16.5. The number of amides is 1. The van der Waals surface area contributed by atoms with Gasteiger partial charge in [0.1, 0.15) is 11.3 Å². The van der Waals surface area contributed by atoms with Crippen molar-refractivity contribution in [1.29, 1.82) is 0 Å². The number of carbonyl (C=O) groups is 1. The van der Waals surface area contributed by atoms with Crippen molar-refractivity contribution in [3.63, 3.8) is 0 Å². The molecule has 1 N–H and O–H groups in total. The Morgan fingerprint density at radius 3 is 2.85 bits per heavy atom. The molecule has 1 aliphatic rings. The molecule has 1 fully saturated rings. The van der Waals surface area contributed by atoms with Gasteiger partial charge in [-0.25, -0.2) is 0 Å². The molecule has 1 unspecified atom stereocenters. The number of furan rings is 2. The second kappa shape index (κ2) is 7.88. The van der Waals surface area contributed by atoms with Crippen LogP contribution in [0.3, 0.4) is 0 Å². The van der Waals surface area contributed by atoms with Gasteiger partial charge in [0, 0.05) is 35.1 Å². The van der Waals surface area contributed by atoms with Crippen LogP contribution in [-0.4, -0.2) is 43.7 Å². The molecular weight excluding hydrogens is 412 g/mol. The van der Waals surface area contributed by atoms with Crippen molar-refractivity contribution < 1.29 is 18.4 Å². The molecule has 0 spiro atoms. The molecule has 2 aromatic heterocycles. The second-order valence-electron chi connectivity index (χ2n) is 6.59. The lowest BCUT2D eigenvalue weighted by Crippen LogP contribution is -2.43. The van der Waals surface area contributed by atoms with Gasteiger partial charge in [-0.05, 0) is 37.3 Å². The zero-order valence-corrected chi connectivity index (χ0v) is 16.6. The largest absolute Gasteiger partial charge is 0.468 e. The highest BCUT2D eigenvalue weighted by molar-refractivity contribution is 9.10. The smallest absolute Gasteiger partial charge is 0.287 e. The van der Waals surface area contributed by atoms with Crippen molar-refractivity contribution in [3.05, 3.63) is 58.2 Å². The first-order chi connectivity index (χ1) is 13.1. The maximum absolute atomic E-state index is 12.8. The van der Waals surface area contributed by atoms with Gasteiger partial charge >= 0.3 is 0 Å². The van der Waals surface area contributed by atoms with Crippen LogP contribution in [0.5, 0.6) is 0 Å². The Morgan fingerprint density at radius 2 is 2.11 bits per heavy atom. The average molecular weight is 433 g/mol. The van der Waals surface area contributed by atoms with E-state index in [1.165, 1.54) is 0 Å². The summed E-state index contributed by atoms with van der Waals surface area (Å²) in [5.41, 5.74) is 1.54. The van der Waals surface area contributed by atoms with Gasteiger partial charge in [0.15, 0.2) is 5.76 Å². The molecule has 7 heteroatoms. The topological polar surface area (TPSA) is 67.9 Å². The molecule has 0 bridgehead atoms. The Hall–Kier alpha value is -2.09. The third-order valence-corrected chi connectivity index (χ3v) is 5.41. The number of halogens is 1. The molecule has 1 aliphatic heterocycles. The van der Waals surface area contributed by atoms with E-state index in [2.05, 4.69) is 26.1 Å². The van der Waals surface area contributed by atoms with E-state index in [-0.39, 0.29) is 11.9 Å². The van der Waals surface area contributed by atoms with E-state index in [1.807, 2.05) is 37.3 Å². The predicted molar refractivity (Wildman–Crippen MR) is 105 cm³/mol. The molecule has 1 amide bonds. The Bertz CT molecular complexity index is 929. The minimum absolute atomic E-state index is 0.0355. The van der Waals surface area contributed by atoms with E-state index in [9.17, 15) is 4.79 Å². The number of morpholine rings is 1. The minimum atomic E-state index is -0.218. The average Bonchev–Trinajstić information content (AvgIpc) is 3.32. The van der Waals surface area contributed by atoms with Gasteiger partial charge < -0.3 is 18.9 Å². The third kappa shape index (κ3) is 3.81. The molecule has 0 saturated carbocycles. The van der Waals surface area contributed by atoms with Crippen molar-refractivity contribution in [1.82, 2.24) is 10.2 Å². The molecule has 4 rings (SSSR count). The van der Waals surface area contributed by atoms with E-state index >= 15 is 0 Å². The summed E-state index contributed by atoms with van der Waals surface area (Å²) in [5.74, 6) is 0.968. The molecule has 1 atom stereocenters. The number of benzene rings is 1. The monoisotopic (exact) mass is 432 g/mol. The number of carbonyl (C=O) groups excluding carboxylic acids is 1. The number of ether oxygens (including phenoxy) is 1. The van der Waals surface area contributed by atoms with Gasteiger partial charge in [-0.3, -0.25) is 9.69 Å². The van der Waals surface area contributed by atoms with Crippen LogP contribution in [0.25, 0.3) is 11.0 Å². The molecule has 27 heavy (non-hydrogen) atoms. The SMILES string of the molecule is Cc1c(C(=O)NCC(c2ccco2)N2CCOCC2)oc2ccc(Br)cc12. The van der Waals surface area contributed by atoms with Gasteiger partial charge in [-0.1, -0.05) is 15.9 Å². The van der Waals surface area contributed by atoms with Gasteiger partial charge in [0.05, 0.1) is 25.5 Å². The Labute approximate surface area is 165 Å². The van der Waals surface area contributed by atoms with E-state index < -0.39 is 0 Å². The van der Waals surface area contributed by atoms with Crippen LogP contribution in [0.1, 0.15) is 27.9 Å². The van der Waals surface area contributed by atoms with Crippen LogP contribution < -0.4 is 5.32 Å². The first-order valence-corrected chi connectivity index (χ1v) is 9.75. The summed E-state index contributed by atoms with van der Waals surface area (Å²) in [7, 11) is 0. The number of nitrogens with one attached hydrogen (secondary N) is 1. The van der Waals surface area contributed by atoms with Crippen LogP contribution in [0.15, 0.2) is 49.9 Å². The van der Waals surface area contributed by atoms with E-state index in [0.717, 1.165) is 34.3 Å². The quantitative estimate of drug-likeness (QED) is 0.661. The fourth-order valence-corrected chi connectivity index (χ4v) is 3.82. The molecular formula is C20H21BrN2O4. The van der Waals surface area contributed by atoms with Crippen molar-refractivity contribution in [2.45, 2.75) is 13.0 Å². The first-order valence-electron chi connectivity index (χ1n) is 8.95. The lowest BCUT2D eigenvalue weighted by atomic mass is 10.1. The molecule has 142 valence electrons. The number of hydrogen-bond donors (Lipinski definition) is 1. The molecule has 6 nitrogen and oxygen atoms in total. The van der Waals surface area contributed by atoms with Crippen LogP contribution >= 0.6 is 15.9 Å². The molecule has 3 aromatic rings. The van der Waals surface area contributed by atoms with Crippen molar-refractivity contribution in [2.24, 2.45) is 0 Å². The van der Waals surface area contributed by atoms with E-state index in [0.29, 0.717) is 31.1 Å². The lowest BCUT2D eigenvalue weighted by Gasteiger charge is -2.33. The molecule has 3 heterocycles. The zero-order chi connectivity index (χ0) is 18.8. The molecule has 1 saturated heterocycles. The van der Waals surface area contributed by atoms with Crippen LogP contribution in [0, 0.1) is 6.92 Å². The Balaban J connectivity index is 1.52. The molecule has 0 aliphatic carbocycles. The van der Waals surface area contributed by atoms with Gasteiger partial charge in [-0.15, -0.1) is 0 Å². The van der Waals surface area contributed by atoms with Crippen molar-refractivity contribution in [2.75, 3.05) is 32.8 Å². The maximum Gasteiger partial charge on any atom is 0.287 e. The summed E-state index contributed by atoms with van der Waals surface area (Å²) in [6.07, 6.45) is 1.66. The molecule has 1 aromatic carbocycles. The summed E-state index contributed by atoms with van der Waals surface area (Å²) in [6, 6.07) is 9.50. The first kappa shape index (κ1) is 18.3. The van der Waals surface area contributed by atoms with E-state index in [1.54, 1.807) is 6.26 Å². The maximum atomic E-state index is 12.8. The van der Waals surface area contributed by atoms with Crippen LogP contribution in [0.2, 0.25) is 0 Å². The predicted octanol–water partition coefficient (Wildman–Crippen LogP) is 3.90. The summed E-state index contributed by atoms with van der Waals surface area (Å²) in [5, 5.41) is 3.95. The van der Waals surface area contributed by atoms with Crippen molar-refractivity contribution >= 4 is 32.8 Å². The second-order valence-corrected chi connectivity index (χ2v) is 7.50. The van der Waals surface area contributed by atoms with Gasteiger partial charge in [-0.2, -0.15) is 0 Å². The third-order valence-electron chi connectivity index (χ3n) is 4.92. The lowest BCUT2D eigenvalue weighted by molar-refractivity contribution is 0.0117. The Morgan fingerprint density at radius 1 is 1.30 bits per heavy atom. The summed E-state index contributed by atoms with van der Waals surface area (Å²) >= 11 is 3.46. The number of rotatable bonds is 5. The number of hydrogen-bond acceptors (Lipinski definition) is 5.